The Morgan fingerprint density at radius 1 is 1.09 bits per heavy atom. The van der Waals surface area contributed by atoms with E-state index in [2.05, 4.69) is 6.92 Å². The van der Waals surface area contributed by atoms with E-state index in [1.807, 2.05) is 0 Å². The fourth-order valence-corrected chi connectivity index (χ4v) is 3.03. The second-order valence-electron chi connectivity index (χ2n) is 4.42. The molecule has 0 aromatic carbocycles. The van der Waals surface area contributed by atoms with Crippen LogP contribution in [0.3, 0.4) is 0 Å². The van der Waals surface area contributed by atoms with Crippen LogP contribution in [0.2, 0.25) is 0 Å². The first-order valence-electron chi connectivity index (χ1n) is 5.43. The third-order valence-electron chi connectivity index (χ3n) is 3.72. The highest BCUT2D eigenvalue weighted by Gasteiger charge is 2.51. The summed E-state index contributed by atoms with van der Waals surface area (Å²) in [4.78, 5) is 0. The number of fused-ring (bicyclic) bond motifs is 1. The largest absolute Gasteiger partial charge is 0.0654 e. The minimum Gasteiger partial charge on any atom is -0.0654 e. The highest BCUT2D eigenvalue weighted by molar-refractivity contribution is 5.00. The van der Waals surface area contributed by atoms with Crippen LogP contribution in [0.15, 0.2) is 0 Å². The fourth-order valence-electron chi connectivity index (χ4n) is 3.03. The Kier molecular flexibility index (Phi) is 2.20. The van der Waals surface area contributed by atoms with Crippen molar-refractivity contribution in [2.45, 2.75) is 51.9 Å². The van der Waals surface area contributed by atoms with E-state index in [0.717, 1.165) is 0 Å². The van der Waals surface area contributed by atoms with Crippen LogP contribution in [0.1, 0.15) is 51.9 Å². The Morgan fingerprint density at radius 3 is 2.45 bits per heavy atom. The van der Waals surface area contributed by atoms with Gasteiger partial charge in [0, 0.05) is 0 Å². The molecule has 0 nitrogen and oxygen atoms in total. The van der Waals surface area contributed by atoms with Gasteiger partial charge in [0.05, 0.1) is 0 Å². The van der Waals surface area contributed by atoms with Crippen molar-refractivity contribution < 1.29 is 0 Å². The first-order chi connectivity index (χ1) is 5.43. The molecule has 2 fully saturated rings. The molecule has 0 saturated heterocycles. The van der Waals surface area contributed by atoms with E-state index in [-0.39, 0.29) is 0 Å². The van der Waals surface area contributed by atoms with E-state index in [9.17, 15) is 0 Å². The molecular formula is C11H20. The summed E-state index contributed by atoms with van der Waals surface area (Å²) in [6.07, 6.45) is 10.6. The summed E-state index contributed by atoms with van der Waals surface area (Å²) in [5, 5.41) is 0. The van der Waals surface area contributed by atoms with Crippen molar-refractivity contribution in [2.24, 2.45) is 17.8 Å². The van der Waals surface area contributed by atoms with E-state index < -0.39 is 0 Å². The standard InChI is InChI=1S/C11H20/c1-2-3-4-6-9-10-7-5-8-11(9)10/h9-11H,2-8H2,1H3/t9?,10-,11?/m1/s1. The molecule has 0 amide bonds. The van der Waals surface area contributed by atoms with Gasteiger partial charge >= 0.3 is 0 Å². The normalized spacial score (nSPS) is 40.6. The lowest BCUT2D eigenvalue weighted by atomic mass is 10.1. The topological polar surface area (TPSA) is 0 Å². The molecule has 0 radical (unpaired) electrons. The SMILES string of the molecule is CCCCCC1C2CCC[C@H]12. The van der Waals surface area contributed by atoms with Crippen LogP contribution in [-0.4, -0.2) is 0 Å². The van der Waals surface area contributed by atoms with Crippen LogP contribution in [-0.2, 0) is 0 Å². The first-order valence-corrected chi connectivity index (χ1v) is 5.43. The van der Waals surface area contributed by atoms with Gasteiger partial charge in [-0.15, -0.1) is 0 Å². The maximum Gasteiger partial charge on any atom is -0.0352 e. The first kappa shape index (κ1) is 7.64. The third kappa shape index (κ3) is 1.45. The van der Waals surface area contributed by atoms with Gasteiger partial charge in [-0.1, -0.05) is 32.6 Å². The van der Waals surface area contributed by atoms with Crippen LogP contribution in [0.4, 0.5) is 0 Å². The Balaban J connectivity index is 1.60. The molecule has 2 unspecified atom stereocenters. The van der Waals surface area contributed by atoms with Gasteiger partial charge in [0.2, 0.25) is 0 Å². The van der Waals surface area contributed by atoms with E-state index in [1.165, 1.54) is 37.0 Å². The average molecular weight is 152 g/mol. The van der Waals surface area contributed by atoms with Gasteiger partial charge in [0.15, 0.2) is 0 Å². The third-order valence-corrected chi connectivity index (χ3v) is 3.72. The Hall–Kier alpha value is 0. The van der Waals surface area contributed by atoms with Gasteiger partial charge in [-0.2, -0.15) is 0 Å². The molecular weight excluding hydrogens is 132 g/mol. The summed E-state index contributed by atoms with van der Waals surface area (Å²) in [6.45, 7) is 2.30. The monoisotopic (exact) mass is 152 g/mol. The minimum absolute atomic E-state index is 1.19. The lowest BCUT2D eigenvalue weighted by molar-refractivity contribution is 0.519. The number of rotatable bonds is 4. The van der Waals surface area contributed by atoms with Crippen molar-refractivity contribution in [1.29, 1.82) is 0 Å². The lowest BCUT2D eigenvalue weighted by Crippen LogP contribution is -1.87. The zero-order valence-corrected chi connectivity index (χ0v) is 7.68. The predicted octanol–water partition coefficient (Wildman–Crippen LogP) is 3.61. The molecule has 0 aromatic rings. The van der Waals surface area contributed by atoms with E-state index in [0.29, 0.717) is 0 Å². The zero-order chi connectivity index (χ0) is 7.68. The Labute approximate surface area is 70.4 Å². The molecule has 11 heavy (non-hydrogen) atoms. The molecule has 2 rings (SSSR count). The summed E-state index contributed by atoms with van der Waals surface area (Å²) < 4.78 is 0. The highest BCUT2D eigenvalue weighted by atomic mass is 14.6. The maximum absolute atomic E-state index is 2.30. The van der Waals surface area contributed by atoms with Crippen LogP contribution >= 0.6 is 0 Å². The molecule has 0 aliphatic heterocycles. The number of unbranched alkanes of at least 4 members (excludes halogenated alkanes) is 2. The highest BCUT2D eigenvalue weighted by Crippen LogP contribution is 2.59. The molecule has 3 atom stereocenters. The summed E-state index contributed by atoms with van der Waals surface area (Å²) >= 11 is 0. The van der Waals surface area contributed by atoms with Crippen LogP contribution in [0.5, 0.6) is 0 Å². The van der Waals surface area contributed by atoms with Crippen molar-refractivity contribution in [2.75, 3.05) is 0 Å². The van der Waals surface area contributed by atoms with Gasteiger partial charge < -0.3 is 0 Å². The Morgan fingerprint density at radius 2 is 1.82 bits per heavy atom. The molecule has 64 valence electrons. The molecule has 0 spiro atoms. The van der Waals surface area contributed by atoms with Crippen LogP contribution in [0, 0.1) is 17.8 Å². The summed E-state index contributed by atoms with van der Waals surface area (Å²) in [5.41, 5.74) is 0. The van der Waals surface area contributed by atoms with Crippen molar-refractivity contribution >= 4 is 0 Å². The summed E-state index contributed by atoms with van der Waals surface area (Å²) in [6, 6.07) is 0. The molecule has 2 aliphatic rings. The van der Waals surface area contributed by atoms with Gasteiger partial charge in [-0.25, -0.2) is 0 Å². The van der Waals surface area contributed by atoms with Gasteiger partial charge in [-0.05, 0) is 37.0 Å². The quantitative estimate of drug-likeness (QED) is 0.540. The van der Waals surface area contributed by atoms with Gasteiger partial charge in [-0.3, -0.25) is 0 Å². The Bertz CT molecular complexity index is 118. The van der Waals surface area contributed by atoms with Gasteiger partial charge in [0.25, 0.3) is 0 Å². The van der Waals surface area contributed by atoms with E-state index in [1.54, 1.807) is 25.7 Å². The van der Waals surface area contributed by atoms with E-state index >= 15 is 0 Å². The van der Waals surface area contributed by atoms with Crippen LogP contribution < -0.4 is 0 Å². The van der Waals surface area contributed by atoms with Crippen molar-refractivity contribution in [3.63, 3.8) is 0 Å². The molecule has 0 aromatic heterocycles. The molecule has 0 heteroatoms. The minimum atomic E-state index is 1.19. The fraction of sp³-hybridized carbons (Fsp3) is 1.00. The summed E-state index contributed by atoms with van der Waals surface area (Å²) in [5.74, 6) is 3.59. The average Bonchev–Trinajstić information content (AvgIpc) is 2.46. The van der Waals surface area contributed by atoms with Crippen LogP contribution in [0.25, 0.3) is 0 Å². The second kappa shape index (κ2) is 3.16. The lowest BCUT2D eigenvalue weighted by Gasteiger charge is -2.00. The molecule has 0 bridgehead atoms. The zero-order valence-electron chi connectivity index (χ0n) is 7.68. The molecule has 0 heterocycles. The van der Waals surface area contributed by atoms with Crippen molar-refractivity contribution in [1.82, 2.24) is 0 Å². The van der Waals surface area contributed by atoms with E-state index in [4.69, 9.17) is 0 Å². The van der Waals surface area contributed by atoms with Crippen molar-refractivity contribution in [3.05, 3.63) is 0 Å². The number of hydrogen-bond donors (Lipinski definition) is 0. The number of hydrogen-bond acceptors (Lipinski definition) is 0. The maximum atomic E-state index is 2.30. The molecule has 2 aliphatic carbocycles. The summed E-state index contributed by atoms with van der Waals surface area (Å²) in [7, 11) is 0. The molecule has 2 saturated carbocycles. The smallest absolute Gasteiger partial charge is 0.0352 e. The molecule has 0 N–H and O–H groups in total. The van der Waals surface area contributed by atoms with Gasteiger partial charge in [0.1, 0.15) is 0 Å². The van der Waals surface area contributed by atoms with Crippen molar-refractivity contribution in [3.8, 4) is 0 Å². The predicted molar refractivity (Wildman–Crippen MR) is 48.5 cm³/mol. The second-order valence-corrected chi connectivity index (χ2v) is 4.42.